The number of aromatic nitrogens is 4. The number of aliphatic hydroxyl groups is 1. The van der Waals surface area contributed by atoms with Crippen LogP contribution >= 0.6 is 0 Å². The molecule has 1 saturated heterocycles. The van der Waals surface area contributed by atoms with Gasteiger partial charge in [0.15, 0.2) is 15.7 Å². The van der Waals surface area contributed by atoms with Crippen LogP contribution in [-0.4, -0.2) is 59.6 Å². The van der Waals surface area contributed by atoms with Crippen LogP contribution in [0, 0.1) is 0 Å². The molecule has 170 valence electrons. The molecule has 1 aliphatic rings. The van der Waals surface area contributed by atoms with Crippen molar-refractivity contribution in [3.8, 4) is 22.5 Å². The zero-order valence-corrected chi connectivity index (χ0v) is 17.8. The SMILES string of the molecule is CS(=O)(=O)c1c(C(F)(F)F)ccc(-c2cccc(N3CCCC(O)C3)c2)c1-c1nnn[nH]1. The predicted octanol–water partition coefficient (Wildman–Crippen LogP) is 2.92. The van der Waals surface area contributed by atoms with E-state index in [1.54, 1.807) is 18.2 Å². The lowest BCUT2D eigenvalue weighted by Gasteiger charge is -2.32. The Hall–Kier alpha value is -2.99. The number of nitrogens with zero attached hydrogens (tertiary/aromatic N) is 4. The number of β-amino-alcohol motifs (C(OH)–C–C–N with tert-alkyl or cyclic N) is 1. The molecule has 2 heterocycles. The minimum absolute atomic E-state index is 0.190. The van der Waals surface area contributed by atoms with E-state index in [4.69, 9.17) is 0 Å². The van der Waals surface area contributed by atoms with Crippen molar-refractivity contribution in [1.82, 2.24) is 20.6 Å². The highest BCUT2D eigenvalue weighted by molar-refractivity contribution is 7.91. The molecule has 1 aliphatic heterocycles. The first kappa shape index (κ1) is 22.2. The first-order chi connectivity index (χ1) is 15.1. The Morgan fingerprint density at radius 1 is 1.22 bits per heavy atom. The summed E-state index contributed by atoms with van der Waals surface area (Å²) in [4.78, 5) is 1.09. The third-order valence-corrected chi connectivity index (χ3v) is 6.50. The third kappa shape index (κ3) is 4.32. The number of H-pyrrole nitrogens is 1. The minimum Gasteiger partial charge on any atom is -0.391 e. The van der Waals surface area contributed by atoms with E-state index in [1.807, 2.05) is 11.0 Å². The number of piperidine rings is 1. The Morgan fingerprint density at radius 2 is 2.00 bits per heavy atom. The minimum atomic E-state index is -4.90. The first-order valence-corrected chi connectivity index (χ1v) is 11.7. The number of benzene rings is 2. The van der Waals surface area contributed by atoms with Gasteiger partial charge >= 0.3 is 6.18 Å². The zero-order chi connectivity index (χ0) is 23.1. The molecule has 0 aliphatic carbocycles. The van der Waals surface area contributed by atoms with Crippen LogP contribution in [0.15, 0.2) is 41.3 Å². The van der Waals surface area contributed by atoms with Gasteiger partial charge in [-0.25, -0.2) is 13.5 Å². The standard InChI is InChI=1S/C20H20F3N5O3S/c1-32(30,31)18-16(20(21,22)23)8-7-15(17(18)19-24-26-27-25-19)12-4-2-5-13(10-12)28-9-3-6-14(29)11-28/h2,4-5,7-8,10,14,29H,3,6,9,11H2,1H3,(H,24,25,26,27). The van der Waals surface area contributed by atoms with Crippen molar-refractivity contribution in [1.29, 1.82) is 0 Å². The third-order valence-electron chi connectivity index (χ3n) is 5.33. The van der Waals surface area contributed by atoms with Gasteiger partial charge in [-0.05, 0) is 52.6 Å². The molecule has 1 atom stereocenters. The number of hydrogen-bond donors (Lipinski definition) is 2. The lowest BCUT2D eigenvalue weighted by molar-refractivity contribution is -0.139. The van der Waals surface area contributed by atoms with Gasteiger partial charge in [0.05, 0.1) is 16.6 Å². The van der Waals surface area contributed by atoms with Crippen molar-refractivity contribution in [2.45, 2.75) is 30.0 Å². The maximum absolute atomic E-state index is 13.7. The number of aromatic amines is 1. The number of nitrogens with one attached hydrogen (secondary N) is 1. The van der Waals surface area contributed by atoms with Gasteiger partial charge in [-0.15, -0.1) is 5.10 Å². The summed E-state index contributed by atoms with van der Waals surface area (Å²) in [5, 5.41) is 22.9. The van der Waals surface area contributed by atoms with Gasteiger partial charge < -0.3 is 10.0 Å². The van der Waals surface area contributed by atoms with Gasteiger partial charge in [0.1, 0.15) is 0 Å². The Balaban J connectivity index is 1.95. The zero-order valence-electron chi connectivity index (χ0n) is 17.0. The van der Waals surface area contributed by atoms with E-state index in [-0.39, 0.29) is 17.0 Å². The van der Waals surface area contributed by atoms with E-state index in [2.05, 4.69) is 20.6 Å². The fourth-order valence-corrected chi connectivity index (χ4v) is 5.15. The Kier molecular flexibility index (Phi) is 5.67. The number of anilines is 1. The van der Waals surface area contributed by atoms with Crippen molar-refractivity contribution >= 4 is 15.5 Å². The molecule has 0 saturated carbocycles. The first-order valence-electron chi connectivity index (χ1n) is 9.77. The van der Waals surface area contributed by atoms with Crippen molar-refractivity contribution in [3.05, 3.63) is 42.0 Å². The maximum Gasteiger partial charge on any atom is 0.417 e. The molecule has 0 radical (unpaired) electrons. The summed E-state index contributed by atoms with van der Waals surface area (Å²) in [6.45, 7) is 1.16. The highest BCUT2D eigenvalue weighted by Crippen LogP contribution is 2.43. The number of sulfone groups is 1. The smallest absolute Gasteiger partial charge is 0.391 e. The molecular formula is C20H20F3N5O3S. The van der Waals surface area contributed by atoms with Gasteiger partial charge in [-0.1, -0.05) is 18.2 Å². The summed E-state index contributed by atoms with van der Waals surface area (Å²) < 4.78 is 66.2. The van der Waals surface area contributed by atoms with Crippen LogP contribution in [0.4, 0.5) is 18.9 Å². The summed E-state index contributed by atoms with van der Waals surface area (Å²) in [6.07, 6.45) is -3.13. The number of tetrazole rings is 1. The Morgan fingerprint density at radius 3 is 2.62 bits per heavy atom. The summed E-state index contributed by atoms with van der Waals surface area (Å²) in [7, 11) is -4.32. The summed E-state index contributed by atoms with van der Waals surface area (Å²) in [5.74, 6) is -0.190. The quantitative estimate of drug-likeness (QED) is 0.607. The largest absolute Gasteiger partial charge is 0.417 e. The lowest BCUT2D eigenvalue weighted by Crippen LogP contribution is -2.38. The van der Waals surface area contributed by atoms with Crippen LogP contribution in [0.25, 0.3) is 22.5 Å². The molecule has 0 amide bonds. The monoisotopic (exact) mass is 467 g/mol. The molecule has 1 unspecified atom stereocenters. The van der Waals surface area contributed by atoms with Gasteiger partial charge in [-0.3, -0.25) is 0 Å². The van der Waals surface area contributed by atoms with Crippen LogP contribution in [-0.2, 0) is 16.0 Å². The lowest BCUT2D eigenvalue weighted by atomic mass is 9.95. The van der Waals surface area contributed by atoms with E-state index in [1.165, 1.54) is 6.07 Å². The molecular weight excluding hydrogens is 447 g/mol. The normalized spacial score (nSPS) is 17.5. The maximum atomic E-state index is 13.7. The fraction of sp³-hybridized carbons (Fsp3) is 0.350. The second-order valence-corrected chi connectivity index (χ2v) is 9.63. The second kappa shape index (κ2) is 8.17. The van der Waals surface area contributed by atoms with Crippen LogP contribution in [0.1, 0.15) is 18.4 Å². The van der Waals surface area contributed by atoms with Gasteiger partial charge in [0.25, 0.3) is 0 Å². The Bertz CT molecular complexity index is 1230. The van der Waals surface area contributed by atoms with Crippen molar-refractivity contribution in [2.24, 2.45) is 0 Å². The molecule has 32 heavy (non-hydrogen) atoms. The molecule has 2 aromatic carbocycles. The number of rotatable bonds is 4. The van der Waals surface area contributed by atoms with Crippen LogP contribution in [0.5, 0.6) is 0 Å². The highest BCUT2D eigenvalue weighted by Gasteiger charge is 2.39. The molecule has 1 aromatic heterocycles. The van der Waals surface area contributed by atoms with Crippen LogP contribution in [0.2, 0.25) is 0 Å². The molecule has 4 rings (SSSR count). The van der Waals surface area contributed by atoms with Gasteiger partial charge in [0.2, 0.25) is 0 Å². The second-order valence-electron chi connectivity index (χ2n) is 7.68. The number of alkyl halides is 3. The number of hydrogen-bond acceptors (Lipinski definition) is 7. The predicted molar refractivity (Wildman–Crippen MR) is 111 cm³/mol. The van der Waals surface area contributed by atoms with E-state index < -0.39 is 32.6 Å². The highest BCUT2D eigenvalue weighted by atomic mass is 32.2. The summed E-state index contributed by atoms with van der Waals surface area (Å²) in [6, 6.07) is 8.96. The average Bonchev–Trinajstić information content (AvgIpc) is 3.26. The summed E-state index contributed by atoms with van der Waals surface area (Å²) in [5.41, 5.74) is -0.0405. The molecule has 3 aromatic rings. The van der Waals surface area contributed by atoms with Gasteiger partial charge in [-0.2, -0.15) is 13.2 Å². The molecule has 0 spiro atoms. The molecule has 8 nitrogen and oxygen atoms in total. The molecule has 12 heteroatoms. The van der Waals surface area contributed by atoms with E-state index in [9.17, 15) is 26.7 Å². The fourth-order valence-electron chi connectivity index (χ4n) is 3.99. The number of halogens is 3. The average molecular weight is 467 g/mol. The van der Waals surface area contributed by atoms with Crippen molar-refractivity contribution < 1.29 is 26.7 Å². The van der Waals surface area contributed by atoms with Gasteiger partial charge in [0, 0.05) is 30.6 Å². The molecule has 2 N–H and O–H groups in total. The molecule has 1 fully saturated rings. The number of aliphatic hydroxyl groups excluding tert-OH is 1. The summed E-state index contributed by atoms with van der Waals surface area (Å²) >= 11 is 0. The topological polar surface area (TPSA) is 112 Å². The van der Waals surface area contributed by atoms with E-state index in [0.717, 1.165) is 31.0 Å². The van der Waals surface area contributed by atoms with E-state index >= 15 is 0 Å². The van der Waals surface area contributed by atoms with Crippen LogP contribution < -0.4 is 4.90 Å². The van der Waals surface area contributed by atoms with Crippen molar-refractivity contribution in [2.75, 3.05) is 24.2 Å². The molecule has 0 bridgehead atoms. The van der Waals surface area contributed by atoms with Crippen LogP contribution in [0.3, 0.4) is 0 Å². The van der Waals surface area contributed by atoms with E-state index in [0.29, 0.717) is 18.5 Å². The van der Waals surface area contributed by atoms with Crippen molar-refractivity contribution in [3.63, 3.8) is 0 Å². The Labute approximate surface area is 182 Å².